The minimum atomic E-state index is -1.66. The first-order valence-corrected chi connectivity index (χ1v) is 12.2. The fourth-order valence-electron chi connectivity index (χ4n) is 3.95. The van der Waals surface area contributed by atoms with Crippen molar-refractivity contribution in [1.82, 2.24) is 0 Å². The van der Waals surface area contributed by atoms with Crippen molar-refractivity contribution >= 4 is 51.4 Å². The Labute approximate surface area is 148 Å². The second kappa shape index (κ2) is 4.96. The minimum absolute atomic E-state index is 1.02. The van der Waals surface area contributed by atoms with Gasteiger partial charge in [0.25, 0.3) is 0 Å². The average Bonchev–Trinajstić information content (AvgIpc) is 2.59. The smallest absolute Gasteiger partial charge is 0.242 e. The van der Waals surface area contributed by atoms with Gasteiger partial charge in [-0.2, -0.15) is 0 Å². The third-order valence-corrected chi connectivity index (χ3v) is 5.72. The highest BCUT2D eigenvalue weighted by Crippen LogP contribution is 2.41. The lowest BCUT2D eigenvalue weighted by Gasteiger charge is -2.22. The molecule has 0 fully saturated rings. The molecule has 0 unspecified atom stereocenters. The minimum Gasteiger partial charge on any atom is -0.544 e. The first-order valence-electron chi connectivity index (χ1n) is 8.79. The van der Waals surface area contributed by atoms with Gasteiger partial charge in [0.1, 0.15) is 5.75 Å². The van der Waals surface area contributed by atoms with E-state index in [4.69, 9.17) is 4.43 Å². The number of benzene rings is 5. The Hall–Kier alpha value is -2.58. The first-order chi connectivity index (χ1) is 12.0. The van der Waals surface area contributed by atoms with E-state index < -0.39 is 8.32 Å². The molecule has 0 atom stereocenters. The van der Waals surface area contributed by atoms with Crippen molar-refractivity contribution in [3.63, 3.8) is 0 Å². The second-order valence-electron chi connectivity index (χ2n) is 7.80. The molecule has 0 aliphatic heterocycles. The van der Waals surface area contributed by atoms with Crippen LogP contribution in [0.4, 0.5) is 0 Å². The van der Waals surface area contributed by atoms with Gasteiger partial charge in [0, 0.05) is 10.8 Å². The highest BCUT2D eigenvalue weighted by Gasteiger charge is 2.19. The predicted molar refractivity (Wildman–Crippen MR) is 112 cm³/mol. The van der Waals surface area contributed by atoms with E-state index in [9.17, 15) is 0 Å². The molecule has 0 amide bonds. The van der Waals surface area contributed by atoms with Gasteiger partial charge in [-0.15, -0.1) is 0 Å². The summed E-state index contributed by atoms with van der Waals surface area (Å²) in [6, 6.07) is 24.3. The lowest BCUT2D eigenvalue weighted by atomic mass is 9.91. The maximum Gasteiger partial charge on any atom is 0.242 e. The van der Waals surface area contributed by atoms with Crippen molar-refractivity contribution in [2.45, 2.75) is 19.6 Å². The third-order valence-electron chi connectivity index (χ3n) is 4.88. The van der Waals surface area contributed by atoms with E-state index >= 15 is 0 Å². The van der Waals surface area contributed by atoms with Gasteiger partial charge in [-0.1, -0.05) is 54.6 Å². The van der Waals surface area contributed by atoms with Crippen LogP contribution in [0, 0.1) is 0 Å². The lowest BCUT2D eigenvalue weighted by Crippen LogP contribution is -2.29. The summed E-state index contributed by atoms with van der Waals surface area (Å²) in [4.78, 5) is 0. The number of hydrogen-bond donors (Lipinski definition) is 0. The van der Waals surface area contributed by atoms with Crippen LogP contribution in [-0.2, 0) is 0 Å². The van der Waals surface area contributed by atoms with Crippen LogP contribution in [0.2, 0.25) is 19.6 Å². The Balaban J connectivity index is 1.98. The van der Waals surface area contributed by atoms with E-state index in [0.29, 0.717) is 0 Å². The van der Waals surface area contributed by atoms with Crippen LogP contribution in [0.1, 0.15) is 0 Å². The fourth-order valence-corrected chi connectivity index (χ4v) is 4.79. The van der Waals surface area contributed by atoms with E-state index in [0.717, 1.165) is 5.75 Å². The van der Waals surface area contributed by atoms with E-state index in [-0.39, 0.29) is 0 Å². The monoisotopic (exact) mass is 340 g/mol. The Kier molecular flexibility index (Phi) is 2.92. The SMILES string of the molecule is C[Si](C)(C)Oc1ccc2ccc3c4ccccc4cc4ccc1c2c43. The van der Waals surface area contributed by atoms with Crippen molar-refractivity contribution in [2.75, 3.05) is 0 Å². The molecule has 0 radical (unpaired) electrons. The van der Waals surface area contributed by atoms with Crippen LogP contribution in [0.5, 0.6) is 5.75 Å². The maximum atomic E-state index is 6.39. The number of rotatable bonds is 2. The molecule has 2 heteroatoms. The summed E-state index contributed by atoms with van der Waals surface area (Å²) in [5, 5.41) is 10.5. The largest absolute Gasteiger partial charge is 0.544 e. The third kappa shape index (κ3) is 2.21. The zero-order valence-electron chi connectivity index (χ0n) is 14.8. The van der Waals surface area contributed by atoms with Crippen LogP contribution in [-0.4, -0.2) is 8.32 Å². The summed E-state index contributed by atoms with van der Waals surface area (Å²) in [6.07, 6.45) is 0. The average molecular weight is 340 g/mol. The highest BCUT2D eigenvalue weighted by molar-refractivity contribution is 6.70. The summed E-state index contributed by atoms with van der Waals surface area (Å²) < 4.78 is 6.39. The topological polar surface area (TPSA) is 9.23 Å². The molecule has 0 aromatic heterocycles. The molecule has 5 aromatic carbocycles. The quantitative estimate of drug-likeness (QED) is 0.192. The van der Waals surface area contributed by atoms with Crippen LogP contribution < -0.4 is 4.43 Å². The molecule has 122 valence electrons. The summed E-state index contributed by atoms with van der Waals surface area (Å²) in [5.41, 5.74) is 0. The molecule has 0 spiro atoms. The van der Waals surface area contributed by atoms with Gasteiger partial charge in [-0.05, 0) is 64.1 Å². The Morgan fingerprint density at radius 2 is 1.28 bits per heavy atom. The van der Waals surface area contributed by atoms with E-state index in [2.05, 4.69) is 86.4 Å². The Bertz CT molecular complexity index is 1250. The Morgan fingerprint density at radius 1 is 0.600 bits per heavy atom. The number of hydrogen-bond acceptors (Lipinski definition) is 1. The van der Waals surface area contributed by atoms with E-state index in [1.807, 2.05) is 0 Å². The summed E-state index contributed by atoms with van der Waals surface area (Å²) >= 11 is 0. The zero-order chi connectivity index (χ0) is 17.2. The van der Waals surface area contributed by atoms with Gasteiger partial charge in [-0.25, -0.2) is 0 Å². The standard InChI is InChI=1S/C23H20OSi/c1-25(2,3)24-21-13-10-15-8-11-19-18-7-5-4-6-16(18)14-17-9-12-20(21)22(15)23(17)19/h4-14H,1-3H3. The van der Waals surface area contributed by atoms with Crippen molar-refractivity contribution in [3.05, 3.63) is 66.7 Å². The van der Waals surface area contributed by atoms with Crippen molar-refractivity contribution in [2.24, 2.45) is 0 Å². The maximum absolute atomic E-state index is 6.39. The predicted octanol–water partition coefficient (Wildman–Crippen LogP) is 6.95. The molecule has 1 nitrogen and oxygen atoms in total. The van der Waals surface area contributed by atoms with Crippen molar-refractivity contribution in [1.29, 1.82) is 0 Å². The van der Waals surface area contributed by atoms with E-state index in [1.165, 1.54) is 43.1 Å². The van der Waals surface area contributed by atoms with Crippen molar-refractivity contribution < 1.29 is 4.43 Å². The van der Waals surface area contributed by atoms with E-state index in [1.54, 1.807) is 0 Å². The molecule has 5 rings (SSSR count). The van der Waals surface area contributed by atoms with Crippen LogP contribution in [0.15, 0.2) is 66.7 Å². The van der Waals surface area contributed by atoms with Gasteiger partial charge in [0.05, 0.1) is 0 Å². The summed E-state index contributed by atoms with van der Waals surface area (Å²) in [6.45, 7) is 6.70. The van der Waals surface area contributed by atoms with Gasteiger partial charge in [-0.3, -0.25) is 0 Å². The van der Waals surface area contributed by atoms with Crippen LogP contribution in [0.3, 0.4) is 0 Å². The molecule has 0 bridgehead atoms. The molecule has 0 heterocycles. The first kappa shape index (κ1) is 14.7. The van der Waals surface area contributed by atoms with Crippen LogP contribution in [0.25, 0.3) is 43.1 Å². The molecule has 0 aliphatic rings. The Morgan fingerprint density at radius 3 is 2.12 bits per heavy atom. The normalized spacial score (nSPS) is 12.6. The zero-order valence-corrected chi connectivity index (χ0v) is 15.8. The molecular weight excluding hydrogens is 320 g/mol. The van der Waals surface area contributed by atoms with Gasteiger partial charge in [0.2, 0.25) is 8.32 Å². The molecular formula is C23H20OSi. The molecule has 0 aliphatic carbocycles. The lowest BCUT2D eigenvalue weighted by molar-refractivity contribution is 0.564. The van der Waals surface area contributed by atoms with Gasteiger partial charge in [0.15, 0.2) is 0 Å². The molecule has 0 saturated heterocycles. The highest BCUT2D eigenvalue weighted by atomic mass is 28.4. The molecule has 25 heavy (non-hydrogen) atoms. The van der Waals surface area contributed by atoms with Gasteiger partial charge >= 0.3 is 0 Å². The molecule has 0 saturated carbocycles. The van der Waals surface area contributed by atoms with Crippen molar-refractivity contribution in [3.8, 4) is 5.75 Å². The molecule has 5 aromatic rings. The number of fused-ring (bicyclic) bond motifs is 2. The second-order valence-corrected chi connectivity index (χ2v) is 12.2. The fraction of sp³-hybridized carbons (Fsp3) is 0.130. The summed E-state index contributed by atoms with van der Waals surface area (Å²) in [7, 11) is -1.66. The van der Waals surface area contributed by atoms with Crippen LogP contribution >= 0.6 is 0 Å². The molecule has 0 N–H and O–H groups in total. The summed E-state index contributed by atoms with van der Waals surface area (Å²) in [5.74, 6) is 1.02. The van der Waals surface area contributed by atoms with Gasteiger partial charge < -0.3 is 4.43 Å².